The molecule has 6 nitrogen and oxygen atoms in total. The van der Waals surface area contributed by atoms with Crippen LogP contribution in [0.3, 0.4) is 0 Å². The molecular weight excluding hydrogens is 412 g/mol. The molecule has 8 heteroatoms. The highest BCUT2D eigenvalue weighted by atomic mass is 79.9. The molecule has 1 aromatic carbocycles. The van der Waals surface area contributed by atoms with Crippen LogP contribution >= 0.6 is 27.5 Å². The first-order valence-corrected chi connectivity index (χ1v) is 8.94. The molecule has 0 saturated carbocycles. The van der Waals surface area contributed by atoms with Crippen molar-refractivity contribution in [2.24, 2.45) is 0 Å². The fourth-order valence-corrected chi connectivity index (χ4v) is 3.53. The molecule has 2 N–H and O–H groups in total. The van der Waals surface area contributed by atoms with Gasteiger partial charge in [0.25, 0.3) is 0 Å². The van der Waals surface area contributed by atoms with Crippen LogP contribution in [-0.2, 0) is 11.3 Å². The number of ether oxygens (including phenoxy) is 1. The maximum Gasteiger partial charge on any atom is 0.407 e. The second-order valence-electron chi connectivity index (χ2n) is 6.59. The van der Waals surface area contributed by atoms with Gasteiger partial charge in [0.2, 0.25) is 0 Å². The molecule has 0 aliphatic heterocycles. The van der Waals surface area contributed by atoms with E-state index in [1.165, 1.54) is 0 Å². The number of halogens is 2. The minimum absolute atomic E-state index is 0.176. The predicted molar refractivity (Wildman–Crippen MR) is 100 cm³/mol. The molecule has 0 saturated heterocycles. The average molecular weight is 432 g/mol. The number of carboxylic acid groups (broad SMARTS) is 1. The summed E-state index contributed by atoms with van der Waals surface area (Å²) in [6.45, 7) is 6.18. The predicted octanol–water partition coefficient (Wildman–Crippen LogP) is 4.67. The Balaban J connectivity index is 2.11. The third-order valence-corrected chi connectivity index (χ3v) is 4.18. The van der Waals surface area contributed by atoms with E-state index in [0.29, 0.717) is 24.5 Å². The summed E-state index contributed by atoms with van der Waals surface area (Å²) in [6.07, 6.45) is 0.0644. The van der Waals surface area contributed by atoms with Gasteiger partial charge in [0.05, 0.1) is 5.52 Å². The van der Waals surface area contributed by atoms with E-state index >= 15 is 0 Å². The van der Waals surface area contributed by atoms with Gasteiger partial charge in [-0.3, -0.25) is 0 Å². The summed E-state index contributed by atoms with van der Waals surface area (Å²) in [7, 11) is 0. The largest absolute Gasteiger partial charge is 0.477 e. The summed E-state index contributed by atoms with van der Waals surface area (Å²) in [5, 5.41) is 13.4. The van der Waals surface area contributed by atoms with Crippen LogP contribution in [0.25, 0.3) is 10.9 Å². The zero-order valence-electron chi connectivity index (χ0n) is 14.2. The van der Waals surface area contributed by atoms with Gasteiger partial charge >= 0.3 is 12.1 Å². The van der Waals surface area contributed by atoms with Crippen molar-refractivity contribution in [3.63, 3.8) is 0 Å². The Labute approximate surface area is 159 Å². The number of carbonyl (C=O) groups is 2. The number of hydrogen-bond donors (Lipinski definition) is 2. The molecule has 0 unspecified atom stereocenters. The highest BCUT2D eigenvalue weighted by molar-refractivity contribution is 9.10. The lowest BCUT2D eigenvalue weighted by molar-refractivity contribution is 0.0525. The second kappa shape index (κ2) is 7.66. The zero-order valence-corrected chi connectivity index (χ0v) is 16.6. The lowest BCUT2D eigenvalue weighted by Gasteiger charge is -2.19. The number of aryl methyl sites for hydroxylation is 1. The molecule has 0 fully saturated rings. The fourth-order valence-electron chi connectivity index (χ4n) is 2.48. The Morgan fingerprint density at radius 1 is 1.32 bits per heavy atom. The number of nitrogens with zero attached hydrogens (tertiary/aromatic N) is 1. The summed E-state index contributed by atoms with van der Waals surface area (Å²) >= 11 is 9.47. The molecule has 2 rings (SSSR count). The van der Waals surface area contributed by atoms with Crippen LogP contribution in [0.2, 0.25) is 5.02 Å². The molecule has 1 amide bonds. The number of carbonyl (C=O) groups excluding carboxylic acids is 1. The Kier molecular flexibility index (Phi) is 6.00. The van der Waals surface area contributed by atoms with Crippen LogP contribution in [-0.4, -0.2) is 33.9 Å². The maximum atomic E-state index is 11.6. The first-order valence-electron chi connectivity index (χ1n) is 7.77. The first-order chi connectivity index (χ1) is 11.6. The summed E-state index contributed by atoms with van der Waals surface area (Å²) in [5.74, 6) is -1.01. The van der Waals surface area contributed by atoms with Gasteiger partial charge in [0, 0.05) is 28.0 Å². The van der Waals surface area contributed by atoms with Gasteiger partial charge in [0.15, 0.2) is 0 Å². The quantitative estimate of drug-likeness (QED) is 0.674. The molecule has 0 radical (unpaired) electrons. The van der Waals surface area contributed by atoms with Gasteiger partial charge < -0.3 is 19.7 Å². The summed E-state index contributed by atoms with van der Waals surface area (Å²) < 4.78 is 7.59. The monoisotopic (exact) mass is 430 g/mol. The number of hydrogen-bond acceptors (Lipinski definition) is 3. The van der Waals surface area contributed by atoms with E-state index in [0.717, 1.165) is 15.4 Å². The zero-order chi connectivity index (χ0) is 18.8. The van der Waals surface area contributed by atoms with Crippen molar-refractivity contribution in [3.8, 4) is 0 Å². The van der Waals surface area contributed by atoms with Crippen molar-refractivity contribution in [1.29, 1.82) is 0 Å². The third kappa shape index (κ3) is 5.12. The van der Waals surface area contributed by atoms with E-state index in [4.69, 9.17) is 16.3 Å². The van der Waals surface area contributed by atoms with E-state index in [1.807, 2.05) is 0 Å². The van der Waals surface area contributed by atoms with Gasteiger partial charge in [-0.15, -0.1) is 0 Å². The minimum Gasteiger partial charge on any atom is -0.477 e. The first kappa shape index (κ1) is 19.6. The second-order valence-corrected chi connectivity index (χ2v) is 7.88. The molecule has 0 spiro atoms. The molecule has 0 bridgehead atoms. The van der Waals surface area contributed by atoms with Gasteiger partial charge in [-0.1, -0.05) is 11.6 Å². The fraction of sp³-hybridized carbons (Fsp3) is 0.412. The lowest BCUT2D eigenvalue weighted by Crippen LogP contribution is -2.33. The smallest absolute Gasteiger partial charge is 0.407 e. The van der Waals surface area contributed by atoms with E-state index in [9.17, 15) is 14.7 Å². The number of aromatic nitrogens is 1. The molecule has 1 heterocycles. The molecule has 1 aromatic heterocycles. The molecule has 0 aliphatic carbocycles. The van der Waals surface area contributed by atoms with Gasteiger partial charge in [-0.2, -0.15) is 0 Å². The summed E-state index contributed by atoms with van der Waals surface area (Å²) in [4.78, 5) is 23.2. The average Bonchev–Trinajstić information content (AvgIpc) is 2.80. The van der Waals surface area contributed by atoms with Gasteiger partial charge in [-0.25, -0.2) is 9.59 Å². The van der Waals surface area contributed by atoms with Crippen LogP contribution in [0.1, 0.15) is 37.7 Å². The number of alkyl carbamates (subject to hydrolysis) is 1. The Bertz CT molecular complexity index is 811. The molecule has 136 valence electrons. The summed E-state index contributed by atoms with van der Waals surface area (Å²) in [6, 6.07) is 5.05. The third-order valence-electron chi connectivity index (χ3n) is 3.36. The summed E-state index contributed by atoms with van der Waals surface area (Å²) in [5.41, 5.74) is 0.385. The molecule has 25 heavy (non-hydrogen) atoms. The highest BCUT2D eigenvalue weighted by Gasteiger charge is 2.18. The van der Waals surface area contributed by atoms with Crippen molar-refractivity contribution < 1.29 is 19.4 Å². The minimum atomic E-state index is -1.01. The number of nitrogens with one attached hydrogen (secondary N) is 1. The van der Waals surface area contributed by atoms with Crippen molar-refractivity contribution in [1.82, 2.24) is 9.88 Å². The van der Waals surface area contributed by atoms with Crippen molar-refractivity contribution in [2.75, 3.05) is 6.54 Å². The molecule has 0 aliphatic rings. The van der Waals surface area contributed by atoms with E-state index in [-0.39, 0.29) is 5.69 Å². The number of aromatic carboxylic acids is 1. The maximum absolute atomic E-state index is 11.6. The standard InChI is InChI=1S/C17H20BrClN2O4/c1-17(2,3)25-16(24)20-5-4-6-21-13(15(22)23)8-10-7-11(19)9-12(18)14(10)21/h7-9H,4-6H2,1-3H3,(H,20,24)(H,22,23). The van der Waals surface area contributed by atoms with Crippen molar-refractivity contribution >= 4 is 50.5 Å². The van der Waals surface area contributed by atoms with Gasteiger partial charge in [-0.05, 0) is 61.3 Å². The van der Waals surface area contributed by atoms with Crippen LogP contribution in [0, 0.1) is 0 Å². The van der Waals surface area contributed by atoms with E-state index in [1.54, 1.807) is 43.5 Å². The normalized spacial score (nSPS) is 11.6. The van der Waals surface area contributed by atoms with Crippen LogP contribution < -0.4 is 5.32 Å². The van der Waals surface area contributed by atoms with Crippen LogP contribution in [0.5, 0.6) is 0 Å². The number of rotatable bonds is 5. The van der Waals surface area contributed by atoms with Crippen LogP contribution in [0.15, 0.2) is 22.7 Å². The van der Waals surface area contributed by atoms with Crippen molar-refractivity contribution in [3.05, 3.63) is 33.4 Å². The molecular formula is C17H20BrClN2O4. The Hall–Kier alpha value is -1.73. The topological polar surface area (TPSA) is 80.6 Å². The number of fused-ring (bicyclic) bond motifs is 1. The number of benzene rings is 1. The van der Waals surface area contributed by atoms with E-state index in [2.05, 4.69) is 21.2 Å². The number of carboxylic acids is 1. The number of amides is 1. The Morgan fingerprint density at radius 3 is 2.60 bits per heavy atom. The van der Waals surface area contributed by atoms with E-state index < -0.39 is 17.7 Å². The SMILES string of the molecule is CC(C)(C)OC(=O)NCCCn1c(C(=O)O)cc2cc(Cl)cc(Br)c21. The lowest BCUT2D eigenvalue weighted by atomic mass is 10.2. The van der Waals surface area contributed by atoms with Crippen molar-refractivity contribution in [2.45, 2.75) is 39.3 Å². The highest BCUT2D eigenvalue weighted by Crippen LogP contribution is 2.31. The molecule has 0 atom stereocenters. The van der Waals surface area contributed by atoms with Crippen LogP contribution in [0.4, 0.5) is 4.79 Å². The molecule has 2 aromatic rings. The Morgan fingerprint density at radius 2 is 2.00 bits per heavy atom. The van der Waals surface area contributed by atoms with Gasteiger partial charge in [0.1, 0.15) is 11.3 Å².